The molecule has 1 heterocycles. The van der Waals surface area contributed by atoms with Crippen LogP contribution >= 0.6 is 0 Å². The van der Waals surface area contributed by atoms with Crippen molar-refractivity contribution in [3.05, 3.63) is 94.3 Å². The molecule has 0 aliphatic carbocycles. The van der Waals surface area contributed by atoms with E-state index < -0.39 is 5.97 Å². The van der Waals surface area contributed by atoms with Crippen molar-refractivity contribution >= 4 is 12.3 Å². The number of nitriles is 1. The average molecular weight is 402 g/mol. The quantitative estimate of drug-likeness (QED) is 0.397. The van der Waals surface area contributed by atoms with Gasteiger partial charge in [-0.05, 0) is 29.7 Å². The van der Waals surface area contributed by atoms with Crippen LogP contribution in [0, 0.1) is 11.3 Å². The molecule has 0 radical (unpaired) electrons. The maximum absolute atomic E-state index is 12.6. The first-order valence-electron chi connectivity index (χ1n) is 9.61. The van der Waals surface area contributed by atoms with Crippen LogP contribution < -0.4 is 0 Å². The van der Waals surface area contributed by atoms with Crippen LogP contribution in [0.5, 0.6) is 0 Å². The fourth-order valence-electron chi connectivity index (χ4n) is 3.26. The van der Waals surface area contributed by atoms with Crippen molar-refractivity contribution in [2.45, 2.75) is 26.7 Å². The van der Waals surface area contributed by atoms with Gasteiger partial charge in [0.2, 0.25) is 0 Å². The first kappa shape index (κ1) is 21.0. The van der Waals surface area contributed by atoms with Crippen molar-refractivity contribution in [2.24, 2.45) is 0 Å². The zero-order valence-electron chi connectivity index (χ0n) is 16.7. The van der Waals surface area contributed by atoms with Gasteiger partial charge in [-0.2, -0.15) is 5.26 Å². The van der Waals surface area contributed by atoms with E-state index in [0.717, 1.165) is 11.1 Å². The van der Waals surface area contributed by atoms with Crippen LogP contribution in [0.1, 0.15) is 50.0 Å². The second kappa shape index (κ2) is 10.2. The number of hydrogen-bond acceptors (Lipinski definition) is 5. The summed E-state index contributed by atoms with van der Waals surface area (Å²) in [5, 5.41) is 9.37. The third-order valence-corrected chi connectivity index (χ3v) is 4.65. The van der Waals surface area contributed by atoms with Crippen molar-refractivity contribution < 1.29 is 19.1 Å². The summed E-state index contributed by atoms with van der Waals surface area (Å²) >= 11 is 0. The van der Waals surface area contributed by atoms with E-state index in [-0.39, 0.29) is 24.6 Å². The molecule has 1 aromatic heterocycles. The Morgan fingerprint density at radius 2 is 1.83 bits per heavy atom. The summed E-state index contributed by atoms with van der Waals surface area (Å²) in [6.07, 6.45) is 2.68. The maximum Gasteiger partial charge on any atom is 0.340 e. The Morgan fingerprint density at radius 3 is 2.53 bits per heavy atom. The summed E-state index contributed by atoms with van der Waals surface area (Å²) in [7, 11) is 0. The number of esters is 1. The van der Waals surface area contributed by atoms with E-state index in [1.807, 2.05) is 42.5 Å². The highest BCUT2D eigenvalue weighted by Crippen LogP contribution is 2.23. The first-order chi connectivity index (χ1) is 14.7. The van der Waals surface area contributed by atoms with Crippen LogP contribution in [0.25, 0.3) is 0 Å². The molecule has 0 fully saturated rings. The maximum atomic E-state index is 12.6. The minimum atomic E-state index is -0.564. The monoisotopic (exact) mass is 402 g/mol. The van der Waals surface area contributed by atoms with Crippen LogP contribution in [0.3, 0.4) is 0 Å². The molecule has 0 amide bonds. The highest BCUT2D eigenvalue weighted by atomic mass is 16.5. The predicted octanol–water partition coefficient (Wildman–Crippen LogP) is 4.11. The second-order valence-corrected chi connectivity index (χ2v) is 6.63. The lowest BCUT2D eigenvalue weighted by atomic mass is 9.99. The summed E-state index contributed by atoms with van der Waals surface area (Å²) in [5.74, 6) is -0.564. The van der Waals surface area contributed by atoms with Gasteiger partial charge in [0, 0.05) is 12.6 Å². The van der Waals surface area contributed by atoms with Gasteiger partial charge in [-0.25, -0.2) is 4.79 Å². The normalized spacial score (nSPS) is 10.4. The summed E-state index contributed by atoms with van der Waals surface area (Å²) < 4.78 is 12.5. The Bertz CT molecular complexity index is 1060. The van der Waals surface area contributed by atoms with E-state index >= 15 is 0 Å². The largest absolute Gasteiger partial charge is 0.462 e. The van der Waals surface area contributed by atoms with Gasteiger partial charge in [-0.15, -0.1) is 0 Å². The third-order valence-electron chi connectivity index (χ3n) is 4.65. The average Bonchev–Trinajstić information content (AvgIpc) is 3.12. The van der Waals surface area contributed by atoms with Crippen LogP contribution in [-0.4, -0.2) is 23.4 Å². The van der Waals surface area contributed by atoms with Crippen LogP contribution in [0.15, 0.2) is 60.8 Å². The van der Waals surface area contributed by atoms with Crippen LogP contribution in [0.2, 0.25) is 0 Å². The highest BCUT2D eigenvalue weighted by molar-refractivity contribution is 5.99. The molecule has 30 heavy (non-hydrogen) atoms. The second-order valence-electron chi connectivity index (χ2n) is 6.63. The molecule has 0 unspecified atom stereocenters. The zero-order valence-corrected chi connectivity index (χ0v) is 16.7. The topological polar surface area (TPSA) is 81.3 Å². The zero-order chi connectivity index (χ0) is 21.3. The summed E-state index contributed by atoms with van der Waals surface area (Å²) in [6.45, 7) is 2.39. The van der Waals surface area contributed by atoms with Crippen molar-refractivity contribution in [1.82, 2.24) is 4.57 Å². The number of carbonyl (C=O) groups is 2. The number of carbonyl (C=O) groups excluding carboxylic acids is 2. The molecule has 0 atom stereocenters. The fraction of sp³-hybridized carbons (Fsp3) is 0.208. The third kappa shape index (κ3) is 4.83. The summed E-state index contributed by atoms with van der Waals surface area (Å²) in [6, 6.07) is 19.0. The molecular formula is C24H22N2O4. The number of hydrogen-bond donors (Lipinski definition) is 0. The lowest BCUT2D eigenvalue weighted by molar-refractivity contribution is 0.0515. The fourth-order valence-corrected chi connectivity index (χ4v) is 3.26. The lowest BCUT2D eigenvalue weighted by Gasteiger charge is -2.08. The van der Waals surface area contributed by atoms with Gasteiger partial charge in [0.15, 0.2) is 6.29 Å². The van der Waals surface area contributed by atoms with Crippen molar-refractivity contribution in [1.29, 1.82) is 5.26 Å². The molecule has 0 bridgehead atoms. The van der Waals surface area contributed by atoms with Gasteiger partial charge in [-0.3, -0.25) is 4.79 Å². The van der Waals surface area contributed by atoms with Gasteiger partial charge in [0.25, 0.3) is 0 Å². The molecule has 0 spiro atoms. The minimum absolute atomic E-state index is 0.106. The number of aromatic nitrogens is 1. The number of rotatable bonds is 9. The van der Waals surface area contributed by atoms with Crippen LogP contribution in [0.4, 0.5) is 0 Å². The Labute approximate surface area is 175 Å². The number of aldehydes is 1. The van der Waals surface area contributed by atoms with Crippen molar-refractivity contribution in [3.63, 3.8) is 0 Å². The molecular weight excluding hydrogens is 380 g/mol. The minimum Gasteiger partial charge on any atom is -0.462 e. The molecule has 2 aromatic carbocycles. The van der Waals surface area contributed by atoms with E-state index in [1.165, 1.54) is 0 Å². The Balaban J connectivity index is 1.91. The first-order valence-corrected chi connectivity index (χ1v) is 9.61. The Hall–Kier alpha value is -3.69. The summed E-state index contributed by atoms with van der Waals surface area (Å²) in [4.78, 5) is 24.4. The van der Waals surface area contributed by atoms with E-state index in [2.05, 4.69) is 6.07 Å². The molecule has 0 saturated heterocycles. The standard InChI is InChI=1S/C24H22N2O4/c1-2-30-24(28)23-21(12-19-10-6-7-11-20(19)13-25)14-26(22(23)15-27)17-29-16-18-8-4-3-5-9-18/h3-11,14-15H,2,12,16-17H2,1H3. The molecule has 3 aromatic rings. The van der Waals surface area contributed by atoms with Crippen molar-refractivity contribution in [2.75, 3.05) is 6.61 Å². The number of nitrogens with zero attached hydrogens (tertiary/aromatic N) is 2. The Kier molecular flexibility index (Phi) is 7.14. The molecule has 6 heteroatoms. The Morgan fingerprint density at radius 1 is 1.10 bits per heavy atom. The number of ether oxygens (including phenoxy) is 2. The number of benzene rings is 2. The molecule has 0 saturated carbocycles. The molecule has 0 aliphatic rings. The molecule has 0 N–H and O–H groups in total. The summed E-state index contributed by atoms with van der Waals surface area (Å²) in [5.41, 5.74) is 3.32. The van der Waals surface area contributed by atoms with Crippen molar-refractivity contribution in [3.8, 4) is 6.07 Å². The molecule has 6 nitrogen and oxygen atoms in total. The van der Waals surface area contributed by atoms with Gasteiger partial charge < -0.3 is 14.0 Å². The van der Waals surface area contributed by atoms with Gasteiger partial charge in [0.1, 0.15) is 6.73 Å². The van der Waals surface area contributed by atoms with E-state index in [0.29, 0.717) is 30.4 Å². The van der Waals surface area contributed by atoms with E-state index in [4.69, 9.17) is 9.47 Å². The van der Waals surface area contributed by atoms with E-state index in [1.54, 1.807) is 29.8 Å². The predicted molar refractivity (Wildman–Crippen MR) is 111 cm³/mol. The molecule has 0 aliphatic heterocycles. The molecule has 3 rings (SSSR count). The SMILES string of the molecule is CCOC(=O)c1c(Cc2ccccc2C#N)cn(COCc2ccccc2)c1C=O. The lowest BCUT2D eigenvalue weighted by Crippen LogP contribution is -2.12. The van der Waals surface area contributed by atoms with Crippen LogP contribution in [-0.2, 0) is 29.2 Å². The van der Waals surface area contributed by atoms with Gasteiger partial charge in [-0.1, -0.05) is 48.5 Å². The van der Waals surface area contributed by atoms with Gasteiger partial charge >= 0.3 is 5.97 Å². The smallest absolute Gasteiger partial charge is 0.340 e. The van der Waals surface area contributed by atoms with E-state index in [9.17, 15) is 14.9 Å². The highest BCUT2D eigenvalue weighted by Gasteiger charge is 2.23. The van der Waals surface area contributed by atoms with Gasteiger partial charge in [0.05, 0.1) is 36.1 Å². The molecule has 152 valence electrons.